The van der Waals surface area contributed by atoms with E-state index in [9.17, 15) is 0 Å². The molecule has 0 saturated carbocycles. The summed E-state index contributed by atoms with van der Waals surface area (Å²) < 4.78 is 1.86. The van der Waals surface area contributed by atoms with Gasteiger partial charge in [-0.25, -0.2) is 4.68 Å². The van der Waals surface area contributed by atoms with Crippen molar-refractivity contribution < 1.29 is 5.11 Å². The van der Waals surface area contributed by atoms with Gasteiger partial charge in [-0.05, 0) is 24.8 Å². The Bertz CT molecular complexity index is 495. The van der Waals surface area contributed by atoms with Crippen molar-refractivity contribution >= 4 is 0 Å². The standard InChI is InChI=1S/C14H20N4O/c15-11-13-14(18(17-16-13)9-4-10-19)8-7-12-5-2-1-3-6-12/h1-3,5-6,19H,4,7-11,15H2. The van der Waals surface area contributed by atoms with Crippen LogP contribution >= 0.6 is 0 Å². The first kappa shape index (κ1) is 13.7. The van der Waals surface area contributed by atoms with Gasteiger partial charge in [0.1, 0.15) is 0 Å². The molecular formula is C14H20N4O. The first-order chi connectivity index (χ1) is 9.35. The van der Waals surface area contributed by atoms with E-state index in [1.54, 1.807) is 0 Å². The van der Waals surface area contributed by atoms with Crippen LogP contribution in [0.15, 0.2) is 30.3 Å². The van der Waals surface area contributed by atoms with Crippen LogP contribution in [0.1, 0.15) is 23.4 Å². The lowest BCUT2D eigenvalue weighted by Gasteiger charge is -2.07. The summed E-state index contributed by atoms with van der Waals surface area (Å²) in [5, 5.41) is 17.1. The first-order valence-electron chi connectivity index (χ1n) is 6.61. The van der Waals surface area contributed by atoms with Crippen molar-refractivity contribution in [3.63, 3.8) is 0 Å². The highest BCUT2D eigenvalue weighted by Gasteiger charge is 2.11. The molecule has 2 rings (SSSR count). The minimum atomic E-state index is 0.163. The number of aromatic nitrogens is 3. The number of aliphatic hydroxyl groups excluding tert-OH is 1. The van der Waals surface area contributed by atoms with Gasteiger partial charge in [-0.3, -0.25) is 0 Å². The molecule has 1 aromatic carbocycles. The average molecular weight is 260 g/mol. The Balaban J connectivity index is 2.07. The van der Waals surface area contributed by atoms with E-state index in [2.05, 4.69) is 22.4 Å². The van der Waals surface area contributed by atoms with Crippen LogP contribution in [0.3, 0.4) is 0 Å². The molecule has 0 unspecified atom stereocenters. The fourth-order valence-electron chi connectivity index (χ4n) is 2.11. The van der Waals surface area contributed by atoms with Crippen LogP contribution in [0.4, 0.5) is 0 Å². The summed E-state index contributed by atoms with van der Waals surface area (Å²) in [7, 11) is 0. The Morgan fingerprint density at radius 1 is 1.16 bits per heavy atom. The summed E-state index contributed by atoms with van der Waals surface area (Å²) in [5.74, 6) is 0. The highest BCUT2D eigenvalue weighted by molar-refractivity contribution is 5.18. The number of rotatable bonds is 7. The van der Waals surface area contributed by atoms with Crippen molar-refractivity contribution in [3.8, 4) is 0 Å². The van der Waals surface area contributed by atoms with Gasteiger partial charge in [-0.15, -0.1) is 5.10 Å². The SMILES string of the molecule is NCc1nnn(CCCO)c1CCc1ccccc1. The highest BCUT2D eigenvalue weighted by atomic mass is 16.3. The highest BCUT2D eigenvalue weighted by Crippen LogP contribution is 2.11. The molecule has 0 spiro atoms. The van der Waals surface area contributed by atoms with Crippen LogP contribution in [0.25, 0.3) is 0 Å². The number of nitrogens with two attached hydrogens (primary N) is 1. The minimum absolute atomic E-state index is 0.163. The number of nitrogens with zero attached hydrogens (tertiary/aromatic N) is 3. The number of hydrogen-bond acceptors (Lipinski definition) is 4. The van der Waals surface area contributed by atoms with Gasteiger partial charge in [0.15, 0.2) is 0 Å². The van der Waals surface area contributed by atoms with E-state index in [-0.39, 0.29) is 6.61 Å². The zero-order valence-electron chi connectivity index (χ0n) is 11.0. The summed E-state index contributed by atoms with van der Waals surface area (Å²) in [5.41, 5.74) is 8.93. The Morgan fingerprint density at radius 2 is 1.95 bits per heavy atom. The average Bonchev–Trinajstić information content (AvgIpc) is 2.86. The van der Waals surface area contributed by atoms with Crippen LogP contribution in [0.2, 0.25) is 0 Å². The predicted octanol–water partition coefficient (Wildman–Crippen LogP) is 0.904. The molecule has 0 aliphatic heterocycles. The molecule has 0 amide bonds. The summed E-state index contributed by atoms with van der Waals surface area (Å²) in [6, 6.07) is 10.3. The van der Waals surface area contributed by atoms with Crippen LogP contribution in [0, 0.1) is 0 Å². The van der Waals surface area contributed by atoms with Crippen LogP contribution in [-0.2, 0) is 25.9 Å². The first-order valence-corrected chi connectivity index (χ1v) is 6.61. The Hall–Kier alpha value is -1.72. The van der Waals surface area contributed by atoms with Crippen molar-refractivity contribution in [2.45, 2.75) is 32.4 Å². The molecule has 5 nitrogen and oxygen atoms in total. The smallest absolute Gasteiger partial charge is 0.0994 e. The molecule has 2 aromatic rings. The molecule has 0 bridgehead atoms. The van der Waals surface area contributed by atoms with Crippen LogP contribution in [-0.4, -0.2) is 26.7 Å². The van der Waals surface area contributed by atoms with E-state index < -0.39 is 0 Å². The van der Waals surface area contributed by atoms with Gasteiger partial charge in [-0.2, -0.15) is 0 Å². The molecule has 0 aliphatic rings. The van der Waals surface area contributed by atoms with E-state index in [0.29, 0.717) is 19.5 Å². The third-order valence-corrected chi connectivity index (χ3v) is 3.13. The number of aliphatic hydroxyl groups is 1. The lowest BCUT2D eigenvalue weighted by molar-refractivity contribution is 0.275. The third-order valence-electron chi connectivity index (χ3n) is 3.13. The monoisotopic (exact) mass is 260 g/mol. The topological polar surface area (TPSA) is 77.0 Å². The van der Waals surface area contributed by atoms with Crippen molar-refractivity contribution in [1.29, 1.82) is 0 Å². The van der Waals surface area contributed by atoms with Gasteiger partial charge < -0.3 is 10.8 Å². The van der Waals surface area contributed by atoms with Crippen molar-refractivity contribution in [3.05, 3.63) is 47.3 Å². The van der Waals surface area contributed by atoms with E-state index in [4.69, 9.17) is 10.8 Å². The van der Waals surface area contributed by atoms with Crippen molar-refractivity contribution in [1.82, 2.24) is 15.0 Å². The number of benzene rings is 1. The van der Waals surface area contributed by atoms with E-state index in [0.717, 1.165) is 24.2 Å². The molecule has 0 aliphatic carbocycles. The number of aryl methyl sites for hydroxylation is 2. The zero-order chi connectivity index (χ0) is 13.5. The molecule has 19 heavy (non-hydrogen) atoms. The molecule has 5 heteroatoms. The summed E-state index contributed by atoms with van der Waals surface area (Å²) in [6.07, 6.45) is 2.50. The second kappa shape index (κ2) is 7.01. The van der Waals surface area contributed by atoms with Gasteiger partial charge in [0.25, 0.3) is 0 Å². The lowest BCUT2D eigenvalue weighted by Crippen LogP contribution is -2.10. The third kappa shape index (κ3) is 3.62. The molecule has 0 fully saturated rings. The molecule has 102 valence electrons. The van der Waals surface area contributed by atoms with Crippen LogP contribution in [0.5, 0.6) is 0 Å². The van der Waals surface area contributed by atoms with E-state index >= 15 is 0 Å². The maximum absolute atomic E-state index is 8.90. The Morgan fingerprint density at radius 3 is 2.63 bits per heavy atom. The number of hydrogen-bond donors (Lipinski definition) is 2. The molecule has 1 heterocycles. The minimum Gasteiger partial charge on any atom is -0.396 e. The maximum atomic E-state index is 8.90. The van der Waals surface area contributed by atoms with Gasteiger partial charge in [0, 0.05) is 19.7 Å². The van der Waals surface area contributed by atoms with Crippen molar-refractivity contribution in [2.24, 2.45) is 5.73 Å². The van der Waals surface area contributed by atoms with Gasteiger partial charge >= 0.3 is 0 Å². The lowest BCUT2D eigenvalue weighted by atomic mass is 10.1. The zero-order valence-corrected chi connectivity index (χ0v) is 11.0. The quantitative estimate of drug-likeness (QED) is 0.775. The van der Waals surface area contributed by atoms with E-state index in [1.165, 1.54) is 5.56 Å². The summed E-state index contributed by atoms with van der Waals surface area (Å²) in [4.78, 5) is 0. The van der Waals surface area contributed by atoms with Crippen LogP contribution < -0.4 is 5.73 Å². The molecule has 0 saturated heterocycles. The second-order valence-corrected chi connectivity index (χ2v) is 4.47. The molecular weight excluding hydrogens is 240 g/mol. The Labute approximate surface area is 113 Å². The van der Waals surface area contributed by atoms with Gasteiger partial charge in [0.05, 0.1) is 11.4 Å². The van der Waals surface area contributed by atoms with E-state index in [1.807, 2.05) is 22.9 Å². The molecule has 0 radical (unpaired) electrons. The van der Waals surface area contributed by atoms with Crippen molar-refractivity contribution in [2.75, 3.05) is 6.61 Å². The maximum Gasteiger partial charge on any atom is 0.0994 e. The fraction of sp³-hybridized carbons (Fsp3) is 0.429. The summed E-state index contributed by atoms with van der Waals surface area (Å²) in [6.45, 7) is 1.26. The summed E-state index contributed by atoms with van der Waals surface area (Å²) >= 11 is 0. The second-order valence-electron chi connectivity index (χ2n) is 4.47. The fourth-order valence-corrected chi connectivity index (χ4v) is 2.11. The molecule has 1 aromatic heterocycles. The Kier molecular flexibility index (Phi) is 5.06. The normalized spacial score (nSPS) is 10.8. The molecule has 0 atom stereocenters. The predicted molar refractivity (Wildman–Crippen MR) is 73.5 cm³/mol. The largest absolute Gasteiger partial charge is 0.396 e. The van der Waals surface area contributed by atoms with Gasteiger partial charge in [-0.1, -0.05) is 35.5 Å². The van der Waals surface area contributed by atoms with Gasteiger partial charge in [0.2, 0.25) is 0 Å². The molecule has 3 N–H and O–H groups in total.